The number of carbonyl (C=O) groups is 1. The lowest BCUT2D eigenvalue weighted by Crippen LogP contribution is -2.34. The molecular formula is C34H34N6O3S. The molecule has 3 aromatic carbocycles. The second-order valence-electron chi connectivity index (χ2n) is 12.1. The molecule has 44 heavy (non-hydrogen) atoms. The Labute approximate surface area is 258 Å². The lowest BCUT2D eigenvalue weighted by atomic mass is 10.1. The first-order chi connectivity index (χ1) is 21.4. The highest BCUT2D eigenvalue weighted by atomic mass is 32.1. The summed E-state index contributed by atoms with van der Waals surface area (Å²) in [6.45, 7) is 3.13. The van der Waals surface area contributed by atoms with Crippen molar-refractivity contribution >= 4 is 44.1 Å². The number of nitrogens with one attached hydrogen (secondary N) is 1. The van der Waals surface area contributed by atoms with Crippen molar-refractivity contribution in [3.05, 3.63) is 76.6 Å². The summed E-state index contributed by atoms with van der Waals surface area (Å²) in [4.78, 5) is 36.7. The minimum Gasteiger partial charge on any atom is -0.451 e. The van der Waals surface area contributed by atoms with Gasteiger partial charge >= 0.3 is 0 Å². The standard InChI is InChI=1S/C34H34N6O3S/c1-38-15-4-5-22(38)12-14-36-33(42)24-19-40-26-10-8-20(34-37-25-6-2-3-7-29(25)44-34)17-28(26)43-32-27(39-16-13-21(35)18-39)11-9-23(30(32)40)31(24)41/h2-3,6-11,17,19,21-22H,4-5,12-16,18,35H2,1H3,(H,36,42). The molecule has 0 radical (unpaired) electrons. The lowest BCUT2D eigenvalue weighted by Gasteiger charge is -2.29. The van der Waals surface area contributed by atoms with Crippen LogP contribution in [0.15, 0.2) is 65.6 Å². The molecule has 3 aliphatic rings. The second-order valence-corrected chi connectivity index (χ2v) is 13.2. The molecule has 2 aromatic heterocycles. The minimum atomic E-state index is -0.350. The topological polar surface area (TPSA) is 106 Å². The van der Waals surface area contributed by atoms with Gasteiger partial charge in [0, 0.05) is 43.5 Å². The number of nitrogens with zero attached hydrogens (tertiary/aromatic N) is 4. The summed E-state index contributed by atoms with van der Waals surface area (Å²) in [5.74, 6) is 0.904. The fourth-order valence-electron chi connectivity index (χ4n) is 6.91. The van der Waals surface area contributed by atoms with Crippen LogP contribution >= 0.6 is 11.3 Å². The number of likely N-dealkylation sites (tertiary alicyclic amines) is 1. The number of amides is 1. The molecule has 2 saturated heterocycles. The maximum absolute atomic E-state index is 13.8. The minimum absolute atomic E-state index is 0.0803. The van der Waals surface area contributed by atoms with Gasteiger partial charge in [0.2, 0.25) is 5.43 Å². The van der Waals surface area contributed by atoms with Crippen LogP contribution in [0.1, 0.15) is 36.0 Å². The molecule has 3 N–H and O–H groups in total. The van der Waals surface area contributed by atoms with Gasteiger partial charge in [0.15, 0.2) is 11.5 Å². The van der Waals surface area contributed by atoms with Crippen molar-refractivity contribution in [1.82, 2.24) is 19.8 Å². The van der Waals surface area contributed by atoms with Gasteiger partial charge in [0.1, 0.15) is 16.1 Å². The number of carbonyl (C=O) groups excluding carboxylic acids is 1. The quantitative estimate of drug-likeness (QED) is 0.271. The summed E-state index contributed by atoms with van der Waals surface area (Å²) >= 11 is 1.64. The van der Waals surface area contributed by atoms with Crippen LogP contribution in [0.3, 0.4) is 0 Å². The van der Waals surface area contributed by atoms with E-state index in [0.717, 1.165) is 64.5 Å². The van der Waals surface area contributed by atoms with E-state index in [9.17, 15) is 9.59 Å². The van der Waals surface area contributed by atoms with Crippen LogP contribution in [0, 0.1) is 0 Å². The average Bonchev–Trinajstić information content (AvgIpc) is 3.77. The van der Waals surface area contributed by atoms with Gasteiger partial charge in [-0.05, 0) is 81.7 Å². The number of anilines is 1. The monoisotopic (exact) mass is 606 g/mol. The van der Waals surface area contributed by atoms with E-state index < -0.39 is 0 Å². The van der Waals surface area contributed by atoms with Gasteiger partial charge in [0.25, 0.3) is 5.91 Å². The number of pyridine rings is 1. The molecule has 1 amide bonds. The third-order valence-corrected chi connectivity index (χ3v) is 10.4. The molecule has 0 saturated carbocycles. The first-order valence-corrected chi connectivity index (χ1v) is 16.2. The summed E-state index contributed by atoms with van der Waals surface area (Å²) in [7, 11) is 2.13. The first kappa shape index (κ1) is 27.3. The van der Waals surface area contributed by atoms with E-state index in [1.165, 1.54) is 6.42 Å². The van der Waals surface area contributed by atoms with Crippen LogP contribution < -0.4 is 26.1 Å². The van der Waals surface area contributed by atoms with Gasteiger partial charge in [-0.1, -0.05) is 12.1 Å². The fraction of sp³-hybridized carbons (Fsp3) is 0.324. The third kappa shape index (κ3) is 4.56. The molecule has 8 rings (SSSR count). The van der Waals surface area contributed by atoms with Crippen LogP contribution in [-0.2, 0) is 0 Å². The van der Waals surface area contributed by atoms with E-state index in [0.29, 0.717) is 41.5 Å². The smallest absolute Gasteiger partial charge is 0.256 e. The van der Waals surface area contributed by atoms with Gasteiger partial charge < -0.3 is 30.2 Å². The number of rotatable bonds is 6. The molecule has 2 fully saturated rings. The molecule has 5 heterocycles. The lowest BCUT2D eigenvalue weighted by molar-refractivity contribution is 0.0949. The third-order valence-electron chi connectivity index (χ3n) is 9.32. The van der Waals surface area contributed by atoms with E-state index in [4.69, 9.17) is 15.5 Å². The summed E-state index contributed by atoms with van der Waals surface area (Å²) in [6.07, 6.45) is 5.75. The molecule has 2 unspecified atom stereocenters. The van der Waals surface area contributed by atoms with Crippen molar-refractivity contribution < 1.29 is 9.53 Å². The van der Waals surface area contributed by atoms with Crippen molar-refractivity contribution in [2.45, 2.75) is 37.8 Å². The zero-order valence-electron chi connectivity index (χ0n) is 24.6. The molecule has 10 heteroatoms. The number of ether oxygens (including phenoxy) is 1. The summed E-state index contributed by atoms with van der Waals surface area (Å²) < 4.78 is 9.75. The zero-order chi connectivity index (χ0) is 29.9. The predicted octanol–water partition coefficient (Wildman–Crippen LogP) is 5.12. The Morgan fingerprint density at radius 3 is 2.77 bits per heavy atom. The van der Waals surface area contributed by atoms with Gasteiger partial charge in [0.05, 0.1) is 27.0 Å². The molecule has 9 nitrogen and oxygen atoms in total. The summed E-state index contributed by atoms with van der Waals surface area (Å²) in [5, 5.41) is 4.38. The Bertz CT molecular complexity index is 1970. The van der Waals surface area contributed by atoms with E-state index in [1.54, 1.807) is 17.5 Å². The summed E-state index contributed by atoms with van der Waals surface area (Å²) in [5.41, 5.74) is 10.3. The first-order valence-electron chi connectivity index (χ1n) is 15.3. The molecule has 224 valence electrons. The van der Waals surface area contributed by atoms with Crippen molar-refractivity contribution in [3.63, 3.8) is 0 Å². The SMILES string of the molecule is CN1CCCC1CCNC(=O)c1cn2c3c(c(N4CCC(N)C4)ccc3c1=O)Oc1cc(-c3nc4ccccc4s3)ccc1-2. The van der Waals surface area contributed by atoms with E-state index in [-0.39, 0.29) is 22.9 Å². The van der Waals surface area contributed by atoms with E-state index >= 15 is 0 Å². The van der Waals surface area contributed by atoms with E-state index in [2.05, 4.69) is 28.2 Å². The Hall–Kier alpha value is -4.25. The van der Waals surface area contributed by atoms with Crippen molar-refractivity contribution in [2.24, 2.45) is 5.73 Å². The average molecular weight is 607 g/mol. The largest absolute Gasteiger partial charge is 0.451 e. The number of hydrogen-bond acceptors (Lipinski definition) is 8. The highest BCUT2D eigenvalue weighted by Gasteiger charge is 2.30. The number of benzene rings is 3. The van der Waals surface area contributed by atoms with Gasteiger partial charge in [-0.2, -0.15) is 0 Å². The fourth-order valence-corrected chi connectivity index (χ4v) is 7.87. The van der Waals surface area contributed by atoms with Crippen molar-refractivity contribution in [1.29, 1.82) is 0 Å². The number of aromatic nitrogens is 2. The molecule has 3 aliphatic heterocycles. The van der Waals surface area contributed by atoms with Gasteiger partial charge in [-0.3, -0.25) is 9.59 Å². The maximum atomic E-state index is 13.8. The van der Waals surface area contributed by atoms with Crippen molar-refractivity contribution in [3.8, 4) is 27.8 Å². The molecule has 2 atom stereocenters. The Balaban J connectivity index is 1.22. The molecule has 0 bridgehead atoms. The van der Waals surface area contributed by atoms with Crippen LogP contribution in [0.25, 0.3) is 37.4 Å². The number of fused-ring (bicyclic) bond motifs is 3. The summed E-state index contributed by atoms with van der Waals surface area (Å²) in [6, 6.07) is 18.4. The normalized spacial score (nSPS) is 19.5. The molecular weight excluding hydrogens is 572 g/mol. The number of hydrogen-bond donors (Lipinski definition) is 2. The number of para-hydroxylation sites is 1. The molecule has 0 spiro atoms. The second kappa shape index (κ2) is 10.7. The van der Waals surface area contributed by atoms with Crippen molar-refractivity contribution in [2.75, 3.05) is 38.1 Å². The highest BCUT2D eigenvalue weighted by Crippen LogP contribution is 2.47. The van der Waals surface area contributed by atoms with Gasteiger partial charge in [-0.25, -0.2) is 4.98 Å². The molecule has 0 aliphatic carbocycles. The van der Waals surface area contributed by atoms with E-state index in [1.807, 2.05) is 53.1 Å². The van der Waals surface area contributed by atoms with Gasteiger partial charge in [-0.15, -0.1) is 11.3 Å². The van der Waals surface area contributed by atoms with Crippen LogP contribution in [0.5, 0.6) is 11.5 Å². The predicted molar refractivity (Wildman–Crippen MR) is 176 cm³/mol. The Kier molecular flexibility index (Phi) is 6.66. The number of thiazole rings is 1. The maximum Gasteiger partial charge on any atom is 0.256 e. The Morgan fingerprint density at radius 1 is 1.11 bits per heavy atom. The van der Waals surface area contributed by atoms with Crippen LogP contribution in [-0.4, -0.2) is 65.7 Å². The zero-order valence-corrected chi connectivity index (χ0v) is 25.4. The van der Waals surface area contributed by atoms with Crippen LogP contribution in [0.2, 0.25) is 0 Å². The highest BCUT2D eigenvalue weighted by molar-refractivity contribution is 7.21. The van der Waals surface area contributed by atoms with Crippen LogP contribution in [0.4, 0.5) is 5.69 Å². The molecule has 5 aromatic rings. The number of nitrogens with two attached hydrogens (primary N) is 1. The Morgan fingerprint density at radius 2 is 1.98 bits per heavy atom.